The van der Waals surface area contributed by atoms with Crippen LogP contribution in [-0.2, 0) is 22.6 Å². The van der Waals surface area contributed by atoms with Crippen molar-refractivity contribution in [2.45, 2.75) is 57.2 Å². The van der Waals surface area contributed by atoms with Crippen molar-refractivity contribution in [3.05, 3.63) is 95.8 Å². The molecule has 0 saturated heterocycles. The molecule has 36 heavy (non-hydrogen) atoms. The minimum absolute atomic E-state index is 0.0726. The Morgan fingerprint density at radius 2 is 1.81 bits per heavy atom. The molecule has 2 aromatic heterocycles. The second-order valence-corrected chi connectivity index (χ2v) is 9.43. The van der Waals surface area contributed by atoms with E-state index in [0.29, 0.717) is 11.3 Å². The fourth-order valence-electron chi connectivity index (χ4n) is 5.08. The quantitative estimate of drug-likeness (QED) is 0.337. The van der Waals surface area contributed by atoms with E-state index in [2.05, 4.69) is 10.3 Å². The third kappa shape index (κ3) is 5.35. The Morgan fingerprint density at radius 3 is 2.56 bits per heavy atom. The molecule has 1 aliphatic rings. The van der Waals surface area contributed by atoms with E-state index in [4.69, 9.17) is 4.42 Å². The molecule has 2 N–H and O–H groups in total. The highest BCUT2D eigenvalue weighted by Crippen LogP contribution is 2.28. The molecule has 2 amide bonds. The highest BCUT2D eigenvalue weighted by molar-refractivity contribution is 5.92. The minimum atomic E-state index is -0.921. The second-order valence-electron chi connectivity index (χ2n) is 9.43. The van der Waals surface area contributed by atoms with E-state index < -0.39 is 11.9 Å². The van der Waals surface area contributed by atoms with Gasteiger partial charge in [-0.15, -0.1) is 0 Å². The number of aromatic amines is 1. The maximum absolute atomic E-state index is 13.9. The summed E-state index contributed by atoms with van der Waals surface area (Å²) in [5.41, 5.74) is 2.36. The molecule has 5 rings (SSSR count). The average Bonchev–Trinajstić information content (AvgIpc) is 3.56. The van der Waals surface area contributed by atoms with Crippen LogP contribution in [0, 0.1) is 5.82 Å². The molecular weight excluding hydrogens is 457 g/mol. The van der Waals surface area contributed by atoms with Gasteiger partial charge < -0.3 is 19.6 Å². The van der Waals surface area contributed by atoms with Crippen LogP contribution in [0.3, 0.4) is 0 Å². The van der Waals surface area contributed by atoms with Gasteiger partial charge in [0.2, 0.25) is 11.8 Å². The van der Waals surface area contributed by atoms with Gasteiger partial charge in [0.15, 0.2) is 0 Å². The van der Waals surface area contributed by atoms with Crippen molar-refractivity contribution in [3.63, 3.8) is 0 Å². The van der Waals surface area contributed by atoms with Crippen molar-refractivity contribution in [1.82, 2.24) is 15.2 Å². The number of nitrogens with zero attached hydrogens (tertiary/aromatic N) is 1. The maximum atomic E-state index is 13.9. The molecule has 6 nitrogen and oxygen atoms in total. The number of para-hydroxylation sites is 1. The number of amides is 2. The number of benzene rings is 2. The molecule has 0 unspecified atom stereocenters. The number of rotatable bonds is 8. The number of furan rings is 1. The molecule has 2 heterocycles. The topological polar surface area (TPSA) is 78.3 Å². The summed E-state index contributed by atoms with van der Waals surface area (Å²) >= 11 is 0. The fraction of sp³-hybridized carbons (Fsp3) is 0.310. The van der Waals surface area contributed by atoms with E-state index in [0.717, 1.165) is 42.1 Å². The Morgan fingerprint density at radius 1 is 1.03 bits per heavy atom. The van der Waals surface area contributed by atoms with E-state index in [-0.39, 0.29) is 30.8 Å². The standard InChI is InChI=1S/C29H30FN3O3/c30-22-14-12-20(13-15-22)28(29(35)32-23-7-2-1-3-8-23)33(19-24-9-6-16-36-24)27(34)17-21-18-31-26-11-5-4-10-25(21)26/h4-6,9-16,18,23,28,31H,1-3,7-8,17,19H2,(H,32,35)/t28-/m0/s1. The summed E-state index contributed by atoms with van der Waals surface area (Å²) in [4.78, 5) is 32.4. The molecule has 0 aliphatic heterocycles. The molecule has 0 spiro atoms. The Kier molecular flexibility index (Phi) is 7.16. The van der Waals surface area contributed by atoms with Crippen LogP contribution >= 0.6 is 0 Å². The van der Waals surface area contributed by atoms with E-state index >= 15 is 0 Å². The predicted molar refractivity (Wildman–Crippen MR) is 135 cm³/mol. The number of hydrogen-bond acceptors (Lipinski definition) is 3. The van der Waals surface area contributed by atoms with E-state index in [9.17, 15) is 14.0 Å². The van der Waals surface area contributed by atoms with E-state index in [1.807, 2.05) is 30.5 Å². The molecule has 1 fully saturated rings. The van der Waals surface area contributed by atoms with E-state index in [1.165, 1.54) is 18.6 Å². The third-order valence-corrected chi connectivity index (χ3v) is 6.94. The number of H-pyrrole nitrogens is 1. The van der Waals surface area contributed by atoms with Crippen LogP contribution < -0.4 is 5.32 Å². The van der Waals surface area contributed by atoms with Crippen LogP contribution in [0.15, 0.2) is 77.5 Å². The summed E-state index contributed by atoms with van der Waals surface area (Å²) < 4.78 is 19.4. The first kappa shape index (κ1) is 23.9. The van der Waals surface area contributed by atoms with Gasteiger partial charge in [-0.2, -0.15) is 0 Å². The van der Waals surface area contributed by atoms with Gasteiger partial charge in [-0.3, -0.25) is 9.59 Å². The number of nitrogens with one attached hydrogen (secondary N) is 2. The molecule has 186 valence electrons. The molecule has 2 aromatic carbocycles. The Labute approximate surface area is 209 Å². The normalized spacial score (nSPS) is 15.0. The number of aromatic nitrogens is 1. The van der Waals surface area contributed by atoms with Crippen molar-refractivity contribution >= 4 is 22.7 Å². The zero-order chi connectivity index (χ0) is 24.9. The van der Waals surface area contributed by atoms with Crippen molar-refractivity contribution < 1.29 is 18.4 Å². The zero-order valence-electron chi connectivity index (χ0n) is 20.1. The summed E-state index contributed by atoms with van der Waals surface area (Å²) in [6.07, 6.45) is 8.64. The van der Waals surface area contributed by atoms with Gasteiger partial charge in [-0.05, 0) is 54.3 Å². The minimum Gasteiger partial charge on any atom is -0.467 e. The van der Waals surface area contributed by atoms with Crippen LogP contribution in [0.5, 0.6) is 0 Å². The second kappa shape index (κ2) is 10.8. The lowest BCUT2D eigenvalue weighted by atomic mass is 9.94. The molecule has 1 aliphatic carbocycles. The summed E-state index contributed by atoms with van der Waals surface area (Å²) in [5, 5.41) is 4.14. The molecule has 0 bridgehead atoms. The first-order valence-corrected chi connectivity index (χ1v) is 12.5. The zero-order valence-corrected chi connectivity index (χ0v) is 20.1. The summed E-state index contributed by atoms with van der Waals surface area (Å²) in [6, 6.07) is 16.3. The molecule has 7 heteroatoms. The number of carbonyl (C=O) groups is 2. The first-order chi connectivity index (χ1) is 17.6. The van der Waals surface area contributed by atoms with Crippen LogP contribution in [0.25, 0.3) is 10.9 Å². The van der Waals surface area contributed by atoms with Crippen molar-refractivity contribution in [3.8, 4) is 0 Å². The summed E-state index contributed by atoms with van der Waals surface area (Å²) in [5.74, 6) is -0.302. The van der Waals surface area contributed by atoms with Crippen molar-refractivity contribution in [1.29, 1.82) is 0 Å². The maximum Gasteiger partial charge on any atom is 0.247 e. The number of halogens is 1. The SMILES string of the molecule is O=C(NC1CCCCC1)[C@H](c1ccc(F)cc1)N(Cc1ccco1)C(=O)Cc1c[nH]c2ccccc12. The van der Waals surface area contributed by atoms with Crippen molar-refractivity contribution in [2.24, 2.45) is 0 Å². The highest BCUT2D eigenvalue weighted by atomic mass is 19.1. The predicted octanol–water partition coefficient (Wildman–Crippen LogP) is 5.66. The smallest absolute Gasteiger partial charge is 0.247 e. The van der Waals surface area contributed by atoms with Gasteiger partial charge in [-0.25, -0.2) is 4.39 Å². The first-order valence-electron chi connectivity index (χ1n) is 12.5. The third-order valence-electron chi connectivity index (χ3n) is 6.94. The van der Waals surface area contributed by atoms with Gasteiger partial charge in [0.05, 0.1) is 19.2 Å². The summed E-state index contributed by atoms with van der Waals surface area (Å²) in [6.45, 7) is 0.119. The largest absolute Gasteiger partial charge is 0.467 e. The molecule has 0 radical (unpaired) electrons. The number of fused-ring (bicyclic) bond motifs is 1. The fourth-order valence-corrected chi connectivity index (χ4v) is 5.08. The van der Waals surface area contributed by atoms with Gasteiger partial charge in [0.25, 0.3) is 0 Å². The van der Waals surface area contributed by atoms with Gasteiger partial charge in [0.1, 0.15) is 17.6 Å². The number of carbonyl (C=O) groups excluding carboxylic acids is 2. The summed E-state index contributed by atoms with van der Waals surface area (Å²) in [7, 11) is 0. The van der Waals surface area contributed by atoms with Gasteiger partial charge >= 0.3 is 0 Å². The molecule has 1 atom stereocenters. The molecule has 4 aromatic rings. The Balaban J connectivity index is 1.49. The van der Waals surface area contributed by atoms with E-state index in [1.54, 1.807) is 35.4 Å². The average molecular weight is 488 g/mol. The van der Waals surface area contributed by atoms with Gasteiger partial charge in [0, 0.05) is 23.1 Å². The van der Waals surface area contributed by atoms with Crippen LogP contribution in [-0.4, -0.2) is 27.7 Å². The monoisotopic (exact) mass is 487 g/mol. The molecular formula is C29H30FN3O3. The lowest BCUT2D eigenvalue weighted by Gasteiger charge is -2.33. The Bertz CT molecular complexity index is 1310. The van der Waals surface area contributed by atoms with Crippen LogP contribution in [0.1, 0.15) is 55.0 Å². The lowest BCUT2D eigenvalue weighted by molar-refractivity contribution is -0.141. The highest BCUT2D eigenvalue weighted by Gasteiger charge is 2.33. The Hall–Kier alpha value is -3.87. The van der Waals surface area contributed by atoms with Crippen LogP contribution in [0.4, 0.5) is 4.39 Å². The molecule has 1 saturated carbocycles. The lowest BCUT2D eigenvalue weighted by Crippen LogP contribution is -2.47. The van der Waals surface area contributed by atoms with Crippen LogP contribution in [0.2, 0.25) is 0 Å². The van der Waals surface area contributed by atoms with Crippen molar-refractivity contribution in [2.75, 3.05) is 0 Å². The number of hydrogen-bond donors (Lipinski definition) is 2. The van der Waals surface area contributed by atoms with Gasteiger partial charge in [-0.1, -0.05) is 49.6 Å².